The van der Waals surface area contributed by atoms with Gasteiger partial charge in [0.1, 0.15) is 11.6 Å². The summed E-state index contributed by atoms with van der Waals surface area (Å²) in [6, 6.07) is 7.57. The number of carboxylic acid groups (broad SMARTS) is 1. The van der Waals surface area contributed by atoms with Crippen LogP contribution in [0.5, 0.6) is 0 Å². The predicted octanol–water partition coefficient (Wildman–Crippen LogP) is 2.81. The molecule has 1 fully saturated rings. The third kappa shape index (κ3) is 4.11. The number of carboxylic acids is 1. The van der Waals surface area contributed by atoms with Crippen LogP contribution in [-0.2, 0) is 20.7 Å². The standard InChI is InChI=1S/C20H22N4O4/c1-11-14(10-21)5-4-6-15(11)12(2)22-19-18(20-27-7-8-28-20)16(9-17(25)26)23-13(3)24-19/h4-6,12,20H,7-9H2,1-3H3,(H,25,26)(H,22,23,24)/t12-/m1/s1. The molecule has 1 aromatic heterocycles. The summed E-state index contributed by atoms with van der Waals surface area (Å²) in [6.45, 7) is 6.41. The molecule has 146 valence electrons. The van der Waals surface area contributed by atoms with Crippen LogP contribution in [0.25, 0.3) is 0 Å². The lowest BCUT2D eigenvalue weighted by Gasteiger charge is -2.23. The van der Waals surface area contributed by atoms with Gasteiger partial charge in [-0.15, -0.1) is 0 Å². The van der Waals surface area contributed by atoms with Gasteiger partial charge >= 0.3 is 5.97 Å². The van der Waals surface area contributed by atoms with Crippen LogP contribution in [0.2, 0.25) is 0 Å². The van der Waals surface area contributed by atoms with Crippen LogP contribution in [0, 0.1) is 25.2 Å². The third-order valence-electron chi connectivity index (χ3n) is 4.63. The number of nitriles is 1. The minimum absolute atomic E-state index is 0.180. The number of aryl methyl sites for hydroxylation is 1. The summed E-state index contributed by atoms with van der Waals surface area (Å²) >= 11 is 0. The Morgan fingerprint density at radius 2 is 2.07 bits per heavy atom. The van der Waals surface area contributed by atoms with E-state index in [9.17, 15) is 15.2 Å². The average Bonchev–Trinajstić information content (AvgIpc) is 3.15. The molecule has 1 atom stereocenters. The van der Waals surface area contributed by atoms with Crippen LogP contribution in [0.3, 0.4) is 0 Å². The molecule has 28 heavy (non-hydrogen) atoms. The maximum absolute atomic E-state index is 11.3. The number of rotatable bonds is 6. The van der Waals surface area contributed by atoms with Crippen molar-refractivity contribution in [1.29, 1.82) is 5.26 Å². The molecule has 0 amide bonds. The number of anilines is 1. The normalized spacial score (nSPS) is 15.2. The van der Waals surface area contributed by atoms with Crippen molar-refractivity contribution in [2.45, 2.75) is 39.5 Å². The van der Waals surface area contributed by atoms with Gasteiger partial charge in [-0.1, -0.05) is 12.1 Å². The first-order valence-corrected chi connectivity index (χ1v) is 8.99. The lowest BCUT2D eigenvalue weighted by Crippen LogP contribution is -2.18. The van der Waals surface area contributed by atoms with Crippen LogP contribution in [0.15, 0.2) is 18.2 Å². The zero-order valence-corrected chi connectivity index (χ0v) is 16.0. The highest BCUT2D eigenvalue weighted by Gasteiger charge is 2.29. The fourth-order valence-electron chi connectivity index (χ4n) is 3.33. The first-order valence-electron chi connectivity index (χ1n) is 8.99. The monoisotopic (exact) mass is 382 g/mol. The summed E-state index contributed by atoms with van der Waals surface area (Å²) < 4.78 is 11.2. The Kier molecular flexibility index (Phi) is 5.87. The second kappa shape index (κ2) is 8.33. The minimum Gasteiger partial charge on any atom is -0.481 e. The fraction of sp³-hybridized carbons (Fsp3) is 0.400. The molecule has 1 aliphatic rings. The number of aromatic nitrogens is 2. The Bertz CT molecular complexity index is 933. The molecule has 8 nitrogen and oxygen atoms in total. The van der Waals surface area contributed by atoms with Crippen molar-refractivity contribution in [3.8, 4) is 6.07 Å². The molecule has 8 heteroatoms. The van der Waals surface area contributed by atoms with Crippen LogP contribution in [0.4, 0.5) is 5.82 Å². The molecule has 3 rings (SSSR count). The Labute approximate surface area is 163 Å². The number of nitrogens with zero attached hydrogens (tertiary/aromatic N) is 3. The molecule has 0 radical (unpaired) electrons. The maximum atomic E-state index is 11.3. The van der Waals surface area contributed by atoms with Crippen molar-refractivity contribution in [2.75, 3.05) is 18.5 Å². The second-order valence-corrected chi connectivity index (χ2v) is 6.62. The van der Waals surface area contributed by atoms with E-state index in [0.29, 0.717) is 41.7 Å². The van der Waals surface area contributed by atoms with Crippen molar-refractivity contribution >= 4 is 11.8 Å². The van der Waals surface area contributed by atoms with Crippen molar-refractivity contribution in [3.63, 3.8) is 0 Å². The van der Waals surface area contributed by atoms with Crippen molar-refractivity contribution in [1.82, 2.24) is 9.97 Å². The molecule has 0 unspecified atom stereocenters. The zero-order valence-electron chi connectivity index (χ0n) is 16.0. The van der Waals surface area contributed by atoms with Crippen LogP contribution >= 0.6 is 0 Å². The molecule has 0 saturated carbocycles. The highest BCUT2D eigenvalue weighted by atomic mass is 16.7. The van der Waals surface area contributed by atoms with Crippen molar-refractivity contribution in [3.05, 3.63) is 52.0 Å². The number of ether oxygens (including phenoxy) is 2. The van der Waals surface area contributed by atoms with Gasteiger partial charge in [-0.3, -0.25) is 4.79 Å². The summed E-state index contributed by atoms with van der Waals surface area (Å²) in [6.07, 6.45) is -0.968. The van der Waals surface area contributed by atoms with Gasteiger partial charge in [-0.05, 0) is 38.0 Å². The summed E-state index contributed by atoms with van der Waals surface area (Å²) in [7, 11) is 0. The van der Waals surface area contributed by atoms with E-state index in [1.165, 1.54) is 0 Å². The molecule has 1 saturated heterocycles. The summed E-state index contributed by atoms with van der Waals surface area (Å²) in [5.41, 5.74) is 3.32. The molecule has 1 aliphatic heterocycles. The molecular weight excluding hydrogens is 360 g/mol. The Hall–Kier alpha value is -3.02. The molecule has 0 spiro atoms. The predicted molar refractivity (Wildman–Crippen MR) is 101 cm³/mol. The molecule has 0 bridgehead atoms. The van der Waals surface area contributed by atoms with E-state index in [1.54, 1.807) is 13.0 Å². The zero-order chi connectivity index (χ0) is 20.3. The van der Waals surface area contributed by atoms with E-state index < -0.39 is 12.3 Å². The largest absolute Gasteiger partial charge is 0.481 e. The number of aliphatic carboxylic acids is 1. The number of hydrogen-bond donors (Lipinski definition) is 2. The van der Waals surface area contributed by atoms with Gasteiger partial charge in [-0.2, -0.15) is 5.26 Å². The van der Waals surface area contributed by atoms with Crippen molar-refractivity contribution in [2.24, 2.45) is 0 Å². The van der Waals surface area contributed by atoms with E-state index in [4.69, 9.17) is 9.47 Å². The lowest BCUT2D eigenvalue weighted by atomic mass is 9.98. The fourth-order valence-corrected chi connectivity index (χ4v) is 3.33. The number of benzene rings is 1. The van der Waals surface area contributed by atoms with Gasteiger partial charge in [-0.25, -0.2) is 9.97 Å². The minimum atomic E-state index is -0.992. The average molecular weight is 382 g/mol. The topological polar surface area (TPSA) is 117 Å². The van der Waals surface area contributed by atoms with Crippen LogP contribution in [0.1, 0.15) is 53.0 Å². The highest BCUT2D eigenvalue weighted by Crippen LogP contribution is 2.33. The number of carbonyl (C=O) groups is 1. The van der Waals surface area contributed by atoms with Crippen LogP contribution < -0.4 is 5.32 Å². The van der Waals surface area contributed by atoms with E-state index >= 15 is 0 Å². The summed E-state index contributed by atoms with van der Waals surface area (Å²) in [5, 5.41) is 21.9. The first kappa shape index (κ1) is 19.7. The number of hydrogen-bond acceptors (Lipinski definition) is 7. The van der Waals surface area contributed by atoms with E-state index in [1.807, 2.05) is 26.0 Å². The third-order valence-corrected chi connectivity index (χ3v) is 4.63. The van der Waals surface area contributed by atoms with Crippen molar-refractivity contribution < 1.29 is 19.4 Å². The van der Waals surface area contributed by atoms with Crippen LogP contribution in [-0.4, -0.2) is 34.3 Å². The van der Waals surface area contributed by atoms with Gasteiger partial charge in [0.2, 0.25) is 0 Å². The Morgan fingerprint density at radius 1 is 1.36 bits per heavy atom. The molecule has 2 aromatic rings. The second-order valence-electron chi connectivity index (χ2n) is 6.62. The quantitative estimate of drug-likeness (QED) is 0.783. The van der Waals surface area contributed by atoms with E-state index in [2.05, 4.69) is 21.4 Å². The molecule has 2 N–H and O–H groups in total. The van der Waals surface area contributed by atoms with Gasteiger partial charge in [0.15, 0.2) is 6.29 Å². The smallest absolute Gasteiger partial charge is 0.309 e. The van der Waals surface area contributed by atoms with E-state index in [-0.39, 0.29) is 12.5 Å². The van der Waals surface area contributed by atoms with Gasteiger partial charge < -0.3 is 19.9 Å². The Balaban J connectivity index is 2.02. The first-order chi connectivity index (χ1) is 13.4. The van der Waals surface area contributed by atoms with E-state index in [0.717, 1.165) is 11.1 Å². The van der Waals surface area contributed by atoms with Gasteiger partial charge in [0.25, 0.3) is 0 Å². The molecule has 1 aromatic carbocycles. The number of nitrogens with one attached hydrogen (secondary N) is 1. The SMILES string of the molecule is Cc1nc(CC(=O)O)c(C2OCCO2)c(N[C@H](C)c2cccc(C#N)c2C)n1. The molecule has 0 aliphatic carbocycles. The maximum Gasteiger partial charge on any atom is 0.309 e. The Morgan fingerprint density at radius 3 is 2.71 bits per heavy atom. The van der Waals surface area contributed by atoms with Gasteiger partial charge in [0, 0.05) is 0 Å². The summed E-state index contributed by atoms with van der Waals surface area (Å²) in [4.78, 5) is 20.1. The molecular formula is C20H22N4O4. The van der Waals surface area contributed by atoms with Gasteiger partial charge in [0.05, 0.1) is 48.6 Å². The summed E-state index contributed by atoms with van der Waals surface area (Å²) in [5.74, 6) is -0.0611. The lowest BCUT2D eigenvalue weighted by molar-refractivity contribution is -0.136. The highest BCUT2D eigenvalue weighted by molar-refractivity contribution is 5.71. The molecule has 2 heterocycles.